The lowest BCUT2D eigenvalue weighted by Crippen LogP contribution is -2.31. The van der Waals surface area contributed by atoms with Gasteiger partial charge in [0.1, 0.15) is 18.0 Å². The molecule has 5 nitrogen and oxygen atoms in total. The van der Waals surface area contributed by atoms with Crippen LogP contribution in [-0.4, -0.2) is 29.0 Å². The number of carbonyl (C=O) groups is 1. The smallest absolute Gasteiger partial charge is 0.230 e. The molecular formula is C11H14N4O. The van der Waals surface area contributed by atoms with Crippen LogP contribution < -0.4 is 10.2 Å². The number of piperidine rings is 1. The molecule has 0 saturated carbocycles. The van der Waals surface area contributed by atoms with E-state index in [2.05, 4.69) is 20.2 Å². The van der Waals surface area contributed by atoms with E-state index in [9.17, 15) is 4.79 Å². The number of anilines is 2. The van der Waals surface area contributed by atoms with Crippen molar-refractivity contribution in [3.05, 3.63) is 11.9 Å². The van der Waals surface area contributed by atoms with Crippen LogP contribution in [0.5, 0.6) is 0 Å². The van der Waals surface area contributed by atoms with Gasteiger partial charge in [-0.1, -0.05) is 0 Å². The summed E-state index contributed by atoms with van der Waals surface area (Å²) in [5.74, 6) is 1.66. The Morgan fingerprint density at radius 2 is 2.00 bits per heavy atom. The van der Waals surface area contributed by atoms with Gasteiger partial charge in [0.05, 0.1) is 6.42 Å². The summed E-state index contributed by atoms with van der Waals surface area (Å²) < 4.78 is 0. The fourth-order valence-corrected chi connectivity index (χ4v) is 2.39. The van der Waals surface area contributed by atoms with Crippen molar-refractivity contribution in [2.45, 2.75) is 25.7 Å². The van der Waals surface area contributed by atoms with Crippen LogP contribution >= 0.6 is 0 Å². The summed E-state index contributed by atoms with van der Waals surface area (Å²) in [6.45, 7) is 2.08. The minimum atomic E-state index is 0.0220. The third-order valence-corrected chi connectivity index (χ3v) is 3.17. The van der Waals surface area contributed by atoms with Gasteiger partial charge in [0, 0.05) is 18.7 Å². The molecule has 5 heteroatoms. The zero-order chi connectivity index (χ0) is 11.0. The van der Waals surface area contributed by atoms with Crippen LogP contribution in [0.2, 0.25) is 0 Å². The Kier molecular flexibility index (Phi) is 2.23. The minimum Gasteiger partial charge on any atom is -0.356 e. The van der Waals surface area contributed by atoms with Crippen LogP contribution in [0.1, 0.15) is 24.8 Å². The van der Waals surface area contributed by atoms with E-state index in [-0.39, 0.29) is 5.91 Å². The van der Waals surface area contributed by atoms with E-state index >= 15 is 0 Å². The standard InChI is InChI=1S/C11H14N4O/c16-9-6-8-10(14-9)12-7-13-11(8)15-4-2-1-3-5-15/h7H,1-6H2,(H,12,13,14,16). The van der Waals surface area contributed by atoms with Gasteiger partial charge in [0.2, 0.25) is 5.91 Å². The number of nitrogens with one attached hydrogen (secondary N) is 1. The van der Waals surface area contributed by atoms with Crippen molar-refractivity contribution in [1.29, 1.82) is 0 Å². The van der Waals surface area contributed by atoms with Crippen molar-refractivity contribution in [1.82, 2.24) is 9.97 Å². The van der Waals surface area contributed by atoms with E-state index in [0.717, 1.165) is 24.5 Å². The first kappa shape index (κ1) is 9.57. The molecule has 1 fully saturated rings. The highest BCUT2D eigenvalue weighted by molar-refractivity contribution is 5.99. The molecule has 84 valence electrons. The normalized spacial score (nSPS) is 19.5. The molecule has 1 aromatic rings. The van der Waals surface area contributed by atoms with Gasteiger partial charge in [-0.3, -0.25) is 4.79 Å². The second-order valence-corrected chi connectivity index (χ2v) is 4.30. The number of amides is 1. The van der Waals surface area contributed by atoms with Gasteiger partial charge in [-0.05, 0) is 19.3 Å². The molecule has 2 aliphatic heterocycles. The van der Waals surface area contributed by atoms with Gasteiger partial charge in [0.25, 0.3) is 0 Å². The lowest BCUT2D eigenvalue weighted by atomic mass is 10.1. The Balaban J connectivity index is 1.95. The summed E-state index contributed by atoms with van der Waals surface area (Å²) in [4.78, 5) is 22.0. The molecule has 16 heavy (non-hydrogen) atoms. The quantitative estimate of drug-likeness (QED) is 0.762. The number of aromatic nitrogens is 2. The SMILES string of the molecule is O=C1Cc2c(ncnc2N2CCCCC2)N1. The molecular weight excluding hydrogens is 204 g/mol. The second kappa shape index (κ2) is 3.73. The van der Waals surface area contributed by atoms with Crippen molar-refractivity contribution < 1.29 is 4.79 Å². The zero-order valence-corrected chi connectivity index (χ0v) is 9.07. The third-order valence-electron chi connectivity index (χ3n) is 3.17. The van der Waals surface area contributed by atoms with Gasteiger partial charge in [-0.15, -0.1) is 0 Å². The van der Waals surface area contributed by atoms with Crippen LogP contribution in [0.15, 0.2) is 6.33 Å². The number of nitrogens with zero attached hydrogens (tertiary/aromatic N) is 3. The highest BCUT2D eigenvalue weighted by atomic mass is 16.1. The lowest BCUT2D eigenvalue weighted by molar-refractivity contribution is -0.115. The molecule has 0 bridgehead atoms. The summed E-state index contributed by atoms with van der Waals surface area (Å²) in [5.41, 5.74) is 0.967. The van der Waals surface area contributed by atoms with Crippen molar-refractivity contribution in [2.24, 2.45) is 0 Å². The van der Waals surface area contributed by atoms with Gasteiger partial charge >= 0.3 is 0 Å². The predicted octanol–water partition coefficient (Wildman–Crippen LogP) is 0.961. The molecule has 1 saturated heterocycles. The van der Waals surface area contributed by atoms with Crippen LogP contribution in [0.4, 0.5) is 11.6 Å². The van der Waals surface area contributed by atoms with E-state index in [0.29, 0.717) is 12.2 Å². The topological polar surface area (TPSA) is 58.1 Å². The number of hydrogen-bond acceptors (Lipinski definition) is 4. The summed E-state index contributed by atoms with van der Waals surface area (Å²) in [6.07, 6.45) is 5.66. The first-order valence-corrected chi connectivity index (χ1v) is 5.73. The monoisotopic (exact) mass is 218 g/mol. The number of rotatable bonds is 1. The first-order valence-electron chi connectivity index (χ1n) is 5.73. The molecule has 0 aromatic carbocycles. The summed E-state index contributed by atoms with van der Waals surface area (Å²) >= 11 is 0. The molecule has 2 aliphatic rings. The molecule has 0 aliphatic carbocycles. The summed E-state index contributed by atoms with van der Waals surface area (Å²) in [6, 6.07) is 0. The van der Waals surface area contributed by atoms with E-state index in [1.54, 1.807) is 0 Å². The Labute approximate surface area is 93.9 Å². The maximum absolute atomic E-state index is 11.3. The molecule has 3 heterocycles. The lowest BCUT2D eigenvalue weighted by Gasteiger charge is -2.28. The molecule has 1 aromatic heterocycles. The van der Waals surface area contributed by atoms with E-state index < -0.39 is 0 Å². The first-order chi connectivity index (χ1) is 7.84. The molecule has 0 spiro atoms. The highest BCUT2D eigenvalue weighted by Gasteiger charge is 2.26. The number of fused-ring (bicyclic) bond motifs is 1. The van der Waals surface area contributed by atoms with E-state index in [1.807, 2.05) is 0 Å². The van der Waals surface area contributed by atoms with Crippen LogP contribution in [0, 0.1) is 0 Å². The molecule has 1 amide bonds. The predicted molar refractivity (Wildman–Crippen MR) is 60.4 cm³/mol. The second-order valence-electron chi connectivity index (χ2n) is 4.30. The maximum atomic E-state index is 11.3. The van der Waals surface area contributed by atoms with Gasteiger partial charge in [0.15, 0.2) is 0 Å². The number of carbonyl (C=O) groups excluding carboxylic acids is 1. The Morgan fingerprint density at radius 1 is 1.19 bits per heavy atom. The zero-order valence-electron chi connectivity index (χ0n) is 9.07. The van der Waals surface area contributed by atoms with Crippen LogP contribution in [-0.2, 0) is 11.2 Å². The molecule has 3 rings (SSSR count). The van der Waals surface area contributed by atoms with Gasteiger partial charge in [-0.2, -0.15) is 0 Å². The summed E-state index contributed by atoms with van der Waals surface area (Å²) in [7, 11) is 0. The largest absolute Gasteiger partial charge is 0.356 e. The average Bonchev–Trinajstić information content (AvgIpc) is 2.70. The van der Waals surface area contributed by atoms with Crippen molar-refractivity contribution in [2.75, 3.05) is 23.3 Å². The van der Waals surface area contributed by atoms with Crippen LogP contribution in [0.3, 0.4) is 0 Å². The van der Waals surface area contributed by atoms with Gasteiger partial charge < -0.3 is 10.2 Å². The van der Waals surface area contributed by atoms with E-state index in [1.165, 1.54) is 25.6 Å². The van der Waals surface area contributed by atoms with Crippen molar-refractivity contribution in [3.63, 3.8) is 0 Å². The van der Waals surface area contributed by atoms with Crippen LogP contribution in [0.25, 0.3) is 0 Å². The average molecular weight is 218 g/mol. The Morgan fingerprint density at radius 3 is 2.81 bits per heavy atom. The third kappa shape index (κ3) is 1.52. The fraction of sp³-hybridized carbons (Fsp3) is 0.545. The minimum absolute atomic E-state index is 0.0220. The van der Waals surface area contributed by atoms with Gasteiger partial charge in [-0.25, -0.2) is 9.97 Å². The maximum Gasteiger partial charge on any atom is 0.230 e. The molecule has 1 N–H and O–H groups in total. The molecule has 0 radical (unpaired) electrons. The van der Waals surface area contributed by atoms with E-state index in [4.69, 9.17) is 0 Å². The Bertz CT molecular complexity index is 426. The Hall–Kier alpha value is -1.65. The fourth-order valence-electron chi connectivity index (χ4n) is 2.39. The molecule has 0 unspecified atom stereocenters. The highest BCUT2D eigenvalue weighted by Crippen LogP contribution is 2.29. The van der Waals surface area contributed by atoms with Crippen molar-refractivity contribution >= 4 is 17.5 Å². The van der Waals surface area contributed by atoms with Crippen molar-refractivity contribution in [3.8, 4) is 0 Å². The summed E-state index contributed by atoms with van der Waals surface area (Å²) in [5, 5.41) is 2.76. The molecule has 0 atom stereocenters. The number of hydrogen-bond donors (Lipinski definition) is 1.